The lowest BCUT2D eigenvalue weighted by Gasteiger charge is -2.19. The molecule has 2 amide bonds. The predicted molar refractivity (Wildman–Crippen MR) is 71.3 cm³/mol. The highest BCUT2D eigenvalue weighted by Crippen LogP contribution is 2.13. The van der Waals surface area contributed by atoms with Crippen LogP contribution in [-0.4, -0.2) is 28.9 Å². The van der Waals surface area contributed by atoms with Crippen molar-refractivity contribution >= 4 is 17.8 Å². The fourth-order valence-electron chi connectivity index (χ4n) is 1.80. The van der Waals surface area contributed by atoms with E-state index in [4.69, 9.17) is 10.8 Å². The third kappa shape index (κ3) is 7.43. The minimum Gasteiger partial charge on any atom is -0.480 e. The van der Waals surface area contributed by atoms with Crippen molar-refractivity contribution in [3.8, 4) is 0 Å². The van der Waals surface area contributed by atoms with Gasteiger partial charge in [0, 0.05) is 12.3 Å². The number of carbonyl (C=O) groups excluding carboxylic acids is 2. The first-order valence-corrected chi connectivity index (χ1v) is 6.73. The molecular weight excluding hydrogens is 248 g/mol. The fraction of sp³-hybridized carbons (Fsp3) is 0.769. The summed E-state index contributed by atoms with van der Waals surface area (Å²) in [5.41, 5.74) is 4.98. The molecule has 0 radical (unpaired) electrons. The molecule has 0 bridgehead atoms. The molecule has 0 saturated heterocycles. The van der Waals surface area contributed by atoms with E-state index in [9.17, 15) is 14.4 Å². The van der Waals surface area contributed by atoms with Gasteiger partial charge in [0.1, 0.15) is 6.04 Å². The Labute approximate surface area is 113 Å². The van der Waals surface area contributed by atoms with Crippen LogP contribution < -0.4 is 11.1 Å². The van der Waals surface area contributed by atoms with E-state index in [2.05, 4.69) is 5.32 Å². The Hall–Kier alpha value is -1.59. The Morgan fingerprint density at radius 3 is 2.26 bits per heavy atom. The van der Waals surface area contributed by atoms with E-state index in [0.29, 0.717) is 6.42 Å². The van der Waals surface area contributed by atoms with Crippen LogP contribution in [0.1, 0.15) is 52.4 Å². The van der Waals surface area contributed by atoms with Crippen molar-refractivity contribution in [3.63, 3.8) is 0 Å². The molecule has 19 heavy (non-hydrogen) atoms. The van der Waals surface area contributed by atoms with Crippen LogP contribution in [0.15, 0.2) is 0 Å². The molecule has 1 unspecified atom stereocenters. The second-order valence-corrected chi connectivity index (χ2v) is 4.65. The van der Waals surface area contributed by atoms with Gasteiger partial charge in [-0.25, -0.2) is 4.79 Å². The number of hydrogen-bond acceptors (Lipinski definition) is 3. The fourth-order valence-corrected chi connectivity index (χ4v) is 1.80. The van der Waals surface area contributed by atoms with Crippen LogP contribution >= 0.6 is 0 Å². The number of amides is 2. The van der Waals surface area contributed by atoms with Gasteiger partial charge in [-0.05, 0) is 19.3 Å². The third-order valence-corrected chi connectivity index (χ3v) is 3.06. The number of rotatable bonds is 10. The normalized spacial score (nSPS) is 13.6. The lowest BCUT2D eigenvalue weighted by Crippen LogP contribution is -2.44. The summed E-state index contributed by atoms with van der Waals surface area (Å²) < 4.78 is 0. The maximum Gasteiger partial charge on any atom is 0.326 e. The maximum atomic E-state index is 11.9. The van der Waals surface area contributed by atoms with Crippen molar-refractivity contribution < 1.29 is 19.5 Å². The molecule has 6 heteroatoms. The molecule has 0 spiro atoms. The van der Waals surface area contributed by atoms with Gasteiger partial charge in [-0.15, -0.1) is 0 Å². The van der Waals surface area contributed by atoms with Gasteiger partial charge >= 0.3 is 5.97 Å². The molecule has 0 saturated carbocycles. The van der Waals surface area contributed by atoms with E-state index < -0.39 is 17.9 Å². The first kappa shape index (κ1) is 17.4. The predicted octanol–water partition coefficient (Wildman–Crippen LogP) is 1.04. The second-order valence-electron chi connectivity index (χ2n) is 4.65. The van der Waals surface area contributed by atoms with Gasteiger partial charge < -0.3 is 16.2 Å². The molecule has 0 aliphatic rings. The Kier molecular flexibility index (Phi) is 8.57. The van der Waals surface area contributed by atoms with Crippen molar-refractivity contribution in [2.24, 2.45) is 11.7 Å². The van der Waals surface area contributed by atoms with E-state index in [1.54, 1.807) is 0 Å². The van der Waals surface area contributed by atoms with Crippen molar-refractivity contribution in [1.29, 1.82) is 0 Å². The quantitative estimate of drug-likeness (QED) is 0.552. The van der Waals surface area contributed by atoms with Gasteiger partial charge in [-0.1, -0.05) is 26.7 Å². The molecule has 6 nitrogen and oxygen atoms in total. The highest BCUT2D eigenvalue weighted by atomic mass is 16.4. The van der Waals surface area contributed by atoms with Gasteiger partial charge in [0.25, 0.3) is 0 Å². The number of hydrogen-bond donors (Lipinski definition) is 3. The van der Waals surface area contributed by atoms with Crippen molar-refractivity contribution in [2.75, 3.05) is 0 Å². The van der Waals surface area contributed by atoms with Crippen LogP contribution in [0.5, 0.6) is 0 Å². The second kappa shape index (κ2) is 9.35. The zero-order chi connectivity index (χ0) is 14.8. The number of aliphatic carboxylic acids is 1. The number of carbonyl (C=O) groups is 3. The zero-order valence-corrected chi connectivity index (χ0v) is 11.6. The highest BCUT2D eigenvalue weighted by molar-refractivity contribution is 5.85. The molecule has 110 valence electrons. The summed E-state index contributed by atoms with van der Waals surface area (Å²) in [6.45, 7) is 3.94. The Balaban J connectivity index is 4.42. The summed E-state index contributed by atoms with van der Waals surface area (Å²) in [5.74, 6) is -2.14. The standard InChI is InChI=1S/C13H24N2O4/c1-3-5-6-9(4-2)12(17)15-10(13(18)19)7-8-11(14)16/h9-10H,3-8H2,1-2H3,(H2,14,16)(H,15,17)(H,18,19)/t9?,10-/m1/s1. The number of primary amides is 1. The lowest BCUT2D eigenvalue weighted by molar-refractivity contribution is -0.142. The van der Waals surface area contributed by atoms with Crippen LogP contribution in [0.25, 0.3) is 0 Å². The van der Waals surface area contributed by atoms with Crippen LogP contribution in [0.4, 0.5) is 0 Å². The van der Waals surface area contributed by atoms with E-state index in [1.165, 1.54) is 0 Å². The van der Waals surface area contributed by atoms with E-state index in [1.807, 2.05) is 13.8 Å². The van der Waals surface area contributed by atoms with Crippen molar-refractivity contribution in [1.82, 2.24) is 5.32 Å². The number of nitrogens with two attached hydrogens (primary N) is 1. The third-order valence-electron chi connectivity index (χ3n) is 3.06. The van der Waals surface area contributed by atoms with Crippen LogP contribution in [0.3, 0.4) is 0 Å². The highest BCUT2D eigenvalue weighted by Gasteiger charge is 2.24. The minimum absolute atomic E-state index is 0.0284. The number of carboxylic acids is 1. The first-order chi connectivity index (χ1) is 8.92. The SMILES string of the molecule is CCCCC(CC)C(=O)N[C@H](CCC(N)=O)C(=O)O. The number of carboxylic acid groups (broad SMARTS) is 1. The molecule has 0 aliphatic carbocycles. The Bertz CT molecular complexity index is 318. The average Bonchev–Trinajstić information content (AvgIpc) is 2.34. The molecule has 0 fully saturated rings. The van der Waals surface area contributed by atoms with Crippen molar-refractivity contribution in [3.05, 3.63) is 0 Å². The molecule has 4 N–H and O–H groups in total. The van der Waals surface area contributed by atoms with Gasteiger partial charge in [0.2, 0.25) is 11.8 Å². The topological polar surface area (TPSA) is 109 Å². The molecule has 0 aromatic heterocycles. The minimum atomic E-state index is -1.14. The molecule has 0 rings (SSSR count). The van der Waals surface area contributed by atoms with Crippen molar-refractivity contribution in [2.45, 2.75) is 58.4 Å². The number of unbranched alkanes of at least 4 members (excludes halogenated alkanes) is 1. The summed E-state index contributed by atoms with van der Waals surface area (Å²) in [5, 5.41) is 11.5. The molecule has 0 aliphatic heterocycles. The van der Waals surface area contributed by atoms with E-state index in [0.717, 1.165) is 19.3 Å². The smallest absolute Gasteiger partial charge is 0.326 e. The summed E-state index contributed by atoms with van der Waals surface area (Å²) >= 11 is 0. The summed E-state index contributed by atoms with van der Waals surface area (Å²) in [4.78, 5) is 33.6. The largest absolute Gasteiger partial charge is 0.480 e. The molecular formula is C13H24N2O4. The average molecular weight is 272 g/mol. The first-order valence-electron chi connectivity index (χ1n) is 6.73. The monoisotopic (exact) mass is 272 g/mol. The Morgan fingerprint density at radius 2 is 1.84 bits per heavy atom. The molecule has 0 aromatic rings. The number of nitrogens with one attached hydrogen (secondary N) is 1. The maximum absolute atomic E-state index is 11.9. The molecule has 2 atom stereocenters. The summed E-state index contributed by atoms with van der Waals surface area (Å²) in [6.07, 6.45) is 3.33. The van der Waals surface area contributed by atoms with Crippen LogP contribution in [-0.2, 0) is 14.4 Å². The van der Waals surface area contributed by atoms with E-state index >= 15 is 0 Å². The van der Waals surface area contributed by atoms with Gasteiger partial charge in [0.15, 0.2) is 0 Å². The molecule has 0 heterocycles. The van der Waals surface area contributed by atoms with Gasteiger partial charge in [-0.3, -0.25) is 9.59 Å². The lowest BCUT2D eigenvalue weighted by atomic mass is 9.97. The Morgan fingerprint density at radius 1 is 1.21 bits per heavy atom. The summed E-state index contributed by atoms with van der Waals surface area (Å²) in [6, 6.07) is -1.05. The zero-order valence-electron chi connectivity index (χ0n) is 11.6. The van der Waals surface area contributed by atoms with Gasteiger partial charge in [0.05, 0.1) is 0 Å². The summed E-state index contributed by atoms with van der Waals surface area (Å²) in [7, 11) is 0. The van der Waals surface area contributed by atoms with E-state index in [-0.39, 0.29) is 24.7 Å². The van der Waals surface area contributed by atoms with Crippen LogP contribution in [0, 0.1) is 5.92 Å². The molecule has 0 aromatic carbocycles. The van der Waals surface area contributed by atoms with Gasteiger partial charge in [-0.2, -0.15) is 0 Å². The van der Waals surface area contributed by atoms with Crippen LogP contribution in [0.2, 0.25) is 0 Å².